The summed E-state index contributed by atoms with van der Waals surface area (Å²) in [7, 11) is -4.10. The summed E-state index contributed by atoms with van der Waals surface area (Å²) in [4.78, 5) is 26.5. The molecule has 25 heavy (non-hydrogen) atoms. The molecule has 1 aliphatic heterocycles. The SMILES string of the molecule is C=CCOP(=O)(OCC=C)[C@@]1(C(=O)OC(C)(C)C)CCCN1C(C)=O. The van der Waals surface area contributed by atoms with Gasteiger partial charge in [-0.3, -0.25) is 9.36 Å². The van der Waals surface area contributed by atoms with E-state index >= 15 is 0 Å². The van der Waals surface area contributed by atoms with Crippen LogP contribution >= 0.6 is 7.60 Å². The summed E-state index contributed by atoms with van der Waals surface area (Å²) in [6.45, 7) is 13.6. The lowest BCUT2D eigenvalue weighted by Gasteiger charge is -2.41. The Bertz CT molecular complexity index is 566. The number of amides is 1. The molecule has 1 aliphatic rings. The van der Waals surface area contributed by atoms with Gasteiger partial charge >= 0.3 is 13.6 Å². The van der Waals surface area contributed by atoms with Crippen LogP contribution in [-0.2, 0) is 27.9 Å². The summed E-state index contributed by atoms with van der Waals surface area (Å²) in [5.41, 5.74) is -0.823. The largest absolute Gasteiger partial charge is 0.458 e. The van der Waals surface area contributed by atoms with Crippen molar-refractivity contribution < 1.29 is 27.9 Å². The van der Waals surface area contributed by atoms with Crippen molar-refractivity contribution in [2.45, 2.75) is 51.4 Å². The van der Waals surface area contributed by atoms with E-state index in [9.17, 15) is 14.2 Å². The summed E-state index contributed by atoms with van der Waals surface area (Å²) in [6.07, 6.45) is 3.42. The second kappa shape index (κ2) is 8.30. The van der Waals surface area contributed by atoms with E-state index in [0.717, 1.165) is 0 Å². The van der Waals surface area contributed by atoms with Gasteiger partial charge in [0.15, 0.2) is 0 Å². The van der Waals surface area contributed by atoms with Crippen molar-refractivity contribution in [2.75, 3.05) is 19.8 Å². The topological polar surface area (TPSA) is 82.1 Å². The highest BCUT2D eigenvalue weighted by Crippen LogP contribution is 2.65. The van der Waals surface area contributed by atoms with Crippen LogP contribution in [0.25, 0.3) is 0 Å². The summed E-state index contributed by atoms with van der Waals surface area (Å²) >= 11 is 0. The molecule has 0 aromatic rings. The van der Waals surface area contributed by atoms with Crippen molar-refractivity contribution in [1.29, 1.82) is 0 Å². The molecule has 1 amide bonds. The van der Waals surface area contributed by atoms with E-state index in [-0.39, 0.29) is 26.2 Å². The maximum atomic E-state index is 13.7. The Hall–Kier alpha value is -1.43. The Balaban J connectivity index is 3.48. The van der Waals surface area contributed by atoms with Crippen LogP contribution in [0.5, 0.6) is 0 Å². The molecule has 0 unspecified atom stereocenters. The lowest BCUT2D eigenvalue weighted by atomic mass is 10.1. The number of esters is 1. The standard InChI is InChI=1S/C17H28NO6P/c1-7-12-22-25(21,23-13-8-2)17(15(20)24-16(4,5)6)10-9-11-18(17)14(3)19/h7-8H,1-2,9-13H2,3-6H3/t17-/m1/s1. The molecule has 142 valence electrons. The van der Waals surface area contributed by atoms with E-state index in [4.69, 9.17) is 13.8 Å². The molecule has 1 heterocycles. The highest BCUT2D eigenvalue weighted by Gasteiger charge is 2.65. The van der Waals surface area contributed by atoms with E-state index in [1.807, 2.05) is 0 Å². The molecule has 1 rings (SSSR count). The Morgan fingerprint density at radius 3 is 2.12 bits per heavy atom. The molecule has 0 aromatic heterocycles. The lowest BCUT2D eigenvalue weighted by molar-refractivity contribution is -0.167. The third kappa shape index (κ3) is 4.60. The van der Waals surface area contributed by atoms with Crippen LogP contribution in [0.1, 0.15) is 40.5 Å². The van der Waals surface area contributed by atoms with Gasteiger partial charge in [-0.25, -0.2) is 4.79 Å². The zero-order valence-electron chi connectivity index (χ0n) is 15.4. The first-order valence-electron chi connectivity index (χ1n) is 8.17. The summed E-state index contributed by atoms with van der Waals surface area (Å²) in [5.74, 6) is -1.18. The fourth-order valence-corrected chi connectivity index (χ4v) is 5.09. The van der Waals surface area contributed by atoms with Crippen LogP contribution in [-0.4, -0.2) is 47.4 Å². The number of hydrogen-bond acceptors (Lipinski definition) is 6. The molecule has 0 N–H and O–H groups in total. The molecule has 0 radical (unpaired) electrons. The average molecular weight is 373 g/mol. The molecular weight excluding hydrogens is 345 g/mol. The first-order chi connectivity index (χ1) is 11.5. The first-order valence-corrected chi connectivity index (χ1v) is 9.71. The van der Waals surface area contributed by atoms with Gasteiger partial charge in [0.1, 0.15) is 5.60 Å². The molecule has 0 spiro atoms. The average Bonchev–Trinajstić information content (AvgIpc) is 2.96. The fourth-order valence-electron chi connectivity index (χ4n) is 2.74. The van der Waals surface area contributed by atoms with E-state index in [1.165, 1.54) is 24.0 Å². The van der Waals surface area contributed by atoms with E-state index < -0.39 is 30.4 Å². The van der Waals surface area contributed by atoms with Crippen molar-refractivity contribution >= 4 is 19.5 Å². The fraction of sp³-hybridized carbons (Fsp3) is 0.647. The minimum Gasteiger partial charge on any atom is -0.458 e. The maximum absolute atomic E-state index is 13.7. The number of carbonyl (C=O) groups excluding carboxylic acids is 2. The molecule has 1 atom stereocenters. The zero-order chi connectivity index (χ0) is 19.3. The minimum atomic E-state index is -4.10. The van der Waals surface area contributed by atoms with Gasteiger partial charge in [-0.1, -0.05) is 12.2 Å². The molecular formula is C17H28NO6P. The Labute approximate surface area is 149 Å². The highest BCUT2D eigenvalue weighted by molar-refractivity contribution is 7.56. The number of carbonyl (C=O) groups is 2. The smallest absolute Gasteiger partial charge is 0.368 e. The Morgan fingerprint density at radius 1 is 1.20 bits per heavy atom. The molecule has 1 fully saturated rings. The van der Waals surface area contributed by atoms with Crippen LogP contribution in [0.15, 0.2) is 25.3 Å². The first kappa shape index (κ1) is 21.6. The summed E-state index contributed by atoms with van der Waals surface area (Å²) in [6, 6.07) is 0. The molecule has 0 aromatic carbocycles. The second-order valence-electron chi connectivity index (χ2n) is 6.76. The van der Waals surface area contributed by atoms with Crippen molar-refractivity contribution in [3.63, 3.8) is 0 Å². The Morgan fingerprint density at radius 2 is 1.72 bits per heavy atom. The van der Waals surface area contributed by atoms with Gasteiger partial charge < -0.3 is 18.7 Å². The molecule has 7 nitrogen and oxygen atoms in total. The number of nitrogens with zero attached hydrogens (tertiary/aromatic N) is 1. The van der Waals surface area contributed by atoms with Crippen LogP contribution in [0.2, 0.25) is 0 Å². The number of rotatable bonds is 8. The van der Waals surface area contributed by atoms with Gasteiger partial charge in [0.25, 0.3) is 0 Å². The van der Waals surface area contributed by atoms with Crippen molar-refractivity contribution in [1.82, 2.24) is 4.90 Å². The summed E-state index contributed by atoms with van der Waals surface area (Å²) < 4.78 is 30.1. The molecule has 1 saturated heterocycles. The lowest BCUT2D eigenvalue weighted by Crippen LogP contribution is -2.55. The van der Waals surface area contributed by atoms with Gasteiger partial charge in [0.2, 0.25) is 11.2 Å². The van der Waals surface area contributed by atoms with E-state index in [1.54, 1.807) is 20.8 Å². The van der Waals surface area contributed by atoms with Crippen molar-refractivity contribution in [2.24, 2.45) is 0 Å². The predicted octanol–water partition coefficient (Wildman–Crippen LogP) is 3.27. The second-order valence-corrected chi connectivity index (χ2v) is 9.01. The van der Waals surface area contributed by atoms with Crippen LogP contribution < -0.4 is 0 Å². The van der Waals surface area contributed by atoms with Crippen molar-refractivity contribution in [3.05, 3.63) is 25.3 Å². The number of likely N-dealkylation sites (tertiary alicyclic amines) is 1. The third-order valence-electron chi connectivity index (χ3n) is 3.64. The van der Waals surface area contributed by atoms with E-state index in [2.05, 4.69) is 13.2 Å². The maximum Gasteiger partial charge on any atom is 0.368 e. The van der Waals surface area contributed by atoms with Gasteiger partial charge in [0.05, 0.1) is 13.2 Å². The number of hydrogen-bond donors (Lipinski definition) is 0. The summed E-state index contributed by atoms with van der Waals surface area (Å²) in [5, 5.41) is -1.81. The predicted molar refractivity (Wildman–Crippen MR) is 95.1 cm³/mol. The monoisotopic (exact) mass is 373 g/mol. The van der Waals surface area contributed by atoms with Crippen LogP contribution in [0.4, 0.5) is 0 Å². The van der Waals surface area contributed by atoms with E-state index in [0.29, 0.717) is 6.42 Å². The molecule has 0 aliphatic carbocycles. The molecule has 0 bridgehead atoms. The third-order valence-corrected chi connectivity index (χ3v) is 6.17. The normalized spacial score (nSPS) is 21.0. The van der Waals surface area contributed by atoms with Crippen LogP contribution in [0.3, 0.4) is 0 Å². The van der Waals surface area contributed by atoms with Gasteiger partial charge in [-0.2, -0.15) is 0 Å². The van der Waals surface area contributed by atoms with Gasteiger partial charge in [-0.15, -0.1) is 13.2 Å². The minimum absolute atomic E-state index is 0.0925. The number of ether oxygens (including phenoxy) is 1. The molecule has 8 heteroatoms. The molecule has 0 saturated carbocycles. The Kier molecular flexibility index (Phi) is 7.18. The zero-order valence-corrected chi connectivity index (χ0v) is 16.3. The highest BCUT2D eigenvalue weighted by atomic mass is 31.2. The van der Waals surface area contributed by atoms with Gasteiger partial charge in [-0.05, 0) is 33.6 Å². The van der Waals surface area contributed by atoms with Crippen molar-refractivity contribution in [3.8, 4) is 0 Å². The van der Waals surface area contributed by atoms with Crippen LogP contribution in [0, 0.1) is 0 Å². The van der Waals surface area contributed by atoms with Gasteiger partial charge in [0, 0.05) is 13.5 Å². The quantitative estimate of drug-likeness (QED) is 0.369.